The topological polar surface area (TPSA) is 50.4 Å². The Kier molecular flexibility index (Phi) is 3.50. The molecular weight excluding hydrogens is 204 g/mol. The predicted molar refractivity (Wildman–Crippen MR) is 62.1 cm³/mol. The average Bonchev–Trinajstić information content (AvgIpc) is 2.65. The molecule has 2 fully saturated rings. The largest absolute Gasteiger partial charge is 0.381 e. The smallest absolute Gasteiger partial charge is 0.225 e. The Morgan fingerprint density at radius 3 is 2.62 bits per heavy atom. The van der Waals surface area contributed by atoms with E-state index < -0.39 is 0 Å². The van der Waals surface area contributed by atoms with E-state index in [-0.39, 0.29) is 17.4 Å². The molecule has 2 aliphatic rings. The van der Waals surface area contributed by atoms with Crippen molar-refractivity contribution in [2.45, 2.75) is 32.2 Å². The maximum absolute atomic E-state index is 12.1. The van der Waals surface area contributed by atoms with E-state index in [2.05, 4.69) is 24.5 Å². The van der Waals surface area contributed by atoms with Crippen molar-refractivity contribution in [3.63, 3.8) is 0 Å². The standard InChI is InChI=1S/C12H22N2O2/c1-9-7-13-8-10(9)11(15)14-12(2)3-5-16-6-4-12/h9-10,13H,3-8H2,1-2H3,(H,14,15). The number of rotatable bonds is 2. The summed E-state index contributed by atoms with van der Waals surface area (Å²) in [6, 6.07) is 0. The quantitative estimate of drug-likeness (QED) is 0.722. The zero-order valence-electron chi connectivity index (χ0n) is 10.2. The monoisotopic (exact) mass is 226 g/mol. The van der Waals surface area contributed by atoms with Gasteiger partial charge in [0.05, 0.1) is 5.92 Å². The minimum absolute atomic E-state index is 0.0579. The van der Waals surface area contributed by atoms with Gasteiger partial charge in [0, 0.05) is 25.3 Å². The van der Waals surface area contributed by atoms with Crippen LogP contribution in [0.25, 0.3) is 0 Å². The molecule has 2 unspecified atom stereocenters. The van der Waals surface area contributed by atoms with Crippen molar-refractivity contribution >= 4 is 5.91 Å². The first kappa shape index (κ1) is 11.9. The van der Waals surface area contributed by atoms with E-state index in [1.54, 1.807) is 0 Å². The first-order valence-corrected chi connectivity index (χ1v) is 6.21. The van der Waals surface area contributed by atoms with E-state index in [0.717, 1.165) is 39.1 Å². The Bertz CT molecular complexity index is 262. The molecule has 2 aliphatic heterocycles. The van der Waals surface area contributed by atoms with Crippen LogP contribution >= 0.6 is 0 Å². The third-order valence-corrected chi connectivity index (χ3v) is 3.88. The van der Waals surface area contributed by atoms with Gasteiger partial charge in [-0.1, -0.05) is 6.92 Å². The second-order valence-corrected chi connectivity index (χ2v) is 5.40. The molecule has 4 nitrogen and oxygen atoms in total. The van der Waals surface area contributed by atoms with Gasteiger partial charge in [0.15, 0.2) is 0 Å². The molecule has 0 aromatic carbocycles. The van der Waals surface area contributed by atoms with Crippen molar-refractivity contribution < 1.29 is 9.53 Å². The summed E-state index contributed by atoms with van der Waals surface area (Å²) in [7, 11) is 0. The fraction of sp³-hybridized carbons (Fsp3) is 0.917. The van der Waals surface area contributed by atoms with Gasteiger partial charge in [-0.3, -0.25) is 4.79 Å². The van der Waals surface area contributed by atoms with Crippen LogP contribution in [0.1, 0.15) is 26.7 Å². The predicted octanol–water partition coefficient (Wildman–Crippen LogP) is 0.527. The Morgan fingerprint density at radius 1 is 1.38 bits per heavy atom. The van der Waals surface area contributed by atoms with Gasteiger partial charge in [0.25, 0.3) is 0 Å². The molecule has 0 aromatic heterocycles. The molecule has 2 atom stereocenters. The van der Waals surface area contributed by atoms with Gasteiger partial charge < -0.3 is 15.4 Å². The van der Waals surface area contributed by atoms with Crippen LogP contribution in [0.3, 0.4) is 0 Å². The van der Waals surface area contributed by atoms with Gasteiger partial charge in [-0.15, -0.1) is 0 Å². The number of hydrogen-bond acceptors (Lipinski definition) is 3. The summed E-state index contributed by atoms with van der Waals surface area (Å²) >= 11 is 0. The number of hydrogen-bond donors (Lipinski definition) is 2. The highest BCUT2D eigenvalue weighted by Gasteiger charge is 2.35. The van der Waals surface area contributed by atoms with Crippen LogP contribution in [0.5, 0.6) is 0 Å². The van der Waals surface area contributed by atoms with E-state index in [4.69, 9.17) is 4.74 Å². The van der Waals surface area contributed by atoms with Crippen molar-refractivity contribution in [3.05, 3.63) is 0 Å². The molecule has 1 amide bonds. The highest BCUT2D eigenvalue weighted by Crippen LogP contribution is 2.22. The van der Waals surface area contributed by atoms with Crippen LogP contribution in [0.15, 0.2) is 0 Å². The average molecular weight is 226 g/mol. The number of carbonyl (C=O) groups is 1. The zero-order valence-corrected chi connectivity index (χ0v) is 10.2. The van der Waals surface area contributed by atoms with Crippen LogP contribution in [-0.2, 0) is 9.53 Å². The molecule has 0 saturated carbocycles. The van der Waals surface area contributed by atoms with E-state index in [0.29, 0.717) is 5.92 Å². The van der Waals surface area contributed by atoms with Crippen LogP contribution in [-0.4, -0.2) is 37.7 Å². The molecule has 2 saturated heterocycles. The van der Waals surface area contributed by atoms with E-state index in [1.807, 2.05) is 0 Å². The van der Waals surface area contributed by atoms with E-state index in [1.165, 1.54) is 0 Å². The lowest BCUT2D eigenvalue weighted by molar-refractivity contribution is -0.128. The van der Waals surface area contributed by atoms with Crippen molar-refractivity contribution in [3.8, 4) is 0 Å². The highest BCUT2D eigenvalue weighted by atomic mass is 16.5. The summed E-state index contributed by atoms with van der Waals surface area (Å²) in [5.41, 5.74) is -0.0579. The molecule has 92 valence electrons. The molecule has 0 radical (unpaired) electrons. The fourth-order valence-electron chi connectivity index (χ4n) is 2.50. The molecule has 0 aromatic rings. The summed E-state index contributed by atoms with van der Waals surface area (Å²) in [6.07, 6.45) is 1.85. The minimum atomic E-state index is -0.0579. The normalized spacial score (nSPS) is 33.6. The molecule has 0 spiro atoms. The Labute approximate surface area is 97.1 Å². The van der Waals surface area contributed by atoms with Gasteiger partial charge in [-0.25, -0.2) is 0 Å². The third kappa shape index (κ3) is 2.55. The minimum Gasteiger partial charge on any atom is -0.381 e. The van der Waals surface area contributed by atoms with Gasteiger partial charge in [-0.05, 0) is 32.2 Å². The van der Waals surface area contributed by atoms with Crippen LogP contribution in [0.2, 0.25) is 0 Å². The van der Waals surface area contributed by atoms with Crippen molar-refractivity contribution in [2.75, 3.05) is 26.3 Å². The Balaban J connectivity index is 1.90. The summed E-state index contributed by atoms with van der Waals surface area (Å²) in [6.45, 7) is 7.55. The van der Waals surface area contributed by atoms with Crippen molar-refractivity contribution in [1.82, 2.24) is 10.6 Å². The highest BCUT2D eigenvalue weighted by molar-refractivity contribution is 5.80. The van der Waals surface area contributed by atoms with Crippen LogP contribution in [0, 0.1) is 11.8 Å². The van der Waals surface area contributed by atoms with Gasteiger partial charge in [0.1, 0.15) is 0 Å². The third-order valence-electron chi connectivity index (χ3n) is 3.88. The number of carbonyl (C=O) groups excluding carboxylic acids is 1. The zero-order chi connectivity index (χ0) is 11.6. The Morgan fingerprint density at radius 2 is 2.06 bits per heavy atom. The first-order valence-electron chi connectivity index (χ1n) is 6.21. The van der Waals surface area contributed by atoms with Gasteiger partial charge in [-0.2, -0.15) is 0 Å². The van der Waals surface area contributed by atoms with Crippen LogP contribution < -0.4 is 10.6 Å². The second-order valence-electron chi connectivity index (χ2n) is 5.40. The first-order chi connectivity index (χ1) is 7.61. The lowest BCUT2D eigenvalue weighted by atomic mass is 9.90. The maximum Gasteiger partial charge on any atom is 0.225 e. The number of nitrogens with one attached hydrogen (secondary N) is 2. The summed E-state index contributed by atoms with van der Waals surface area (Å²) in [4.78, 5) is 12.1. The van der Waals surface area contributed by atoms with Gasteiger partial charge >= 0.3 is 0 Å². The second kappa shape index (κ2) is 4.72. The van der Waals surface area contributed by atoms with E-state index in [9.17, 15) is 4.79 Å². The van der Waals surface area contributed by atoms with E-state index >= 15 is 0 Å². The summed E-state index contributed by atoms with van der Waals surface area (Å²) in [5.74, 6) is 0.796. The molecule has 4 heteroatoms. The SMILES string of the molecule is CC1CNCC1C(=O)NC1(C)CCOCC1. The molecule has 2 heterocycles. The molecule has 0 aliphatic carbocycles. The van der Waals surface area contributed by atoms with Gasteiger partial charge in [0.2, 0.25) is 5.91 Å². The van der Waals surface area contributed by atoms with Crippen LogP contribution in [0.4, 0.5) is 0 Å². The summed E-state index contributed by atoms with van der Waals surface area (Å²) < 4.78 is 5.33. The van der Waals surface area contributed by atoms with Crippen molar-refractivity contribution in [2.24, 2.45) is 11.8 Å². The molecule has 16 heavy (non-hydrogen) atoms. The molecule has 2 rings (SSSR count). The fourth-order valence-corrected chi connectivity index (χ4v) is 2.50. The van der Waals surface area contributed by atoms with Crippen molar-refractivity contribution in [1.29, 1.82) is 0 Å². The molecule has 2 N–H and O–H groups in total. The number of amides is 1. The lowest BCUT2D eigenvalue weighted by Gasteiger charge is -2.35. The Hall–Kier alpha value is -0.610. The molecule has 0 bridgehead atoms. The number of ether oxygens (including phenoxy) is 1. The maximum atomic E-state index is 12.1. The molecular formula is C12H22N2O2. The lowest BCUT2D eigenvalue weighted by Crippen LogP contribution is -2.52. The summed E-state index contributed by atoms with van der Waals surface area (Å²) in [5, 5.41) is 6.48.